The number of carbonyl (C=O) groups is 1. The second-order valence-electron chi connectivity index (χ2n) is 8.72. The first-order chi connectivity index (χ1) is 10.8. The van der Waals surface area contributed by atoms with E-state index in [2.05, 4.69) is 32.6 Å². The van der Waals surface area contributed by atoms with Crippen LogP contribution in [0.4, 0.5) is 0 Å². The summed E-state index contributed by atoms with van der Waals surface area (Å²) in [6.07, 6.45) is 6.08. The quantitative estimate of drug-likeness (QED) is 0.797. The van der Waals surface area contributed by atoms with E-state index in [1.165, 1.54) is 12.8 Å². The molecular weight excluding hydrogens is 290 g/mol. The van der Waals surface area contributed by atoms with Crippen LogP contribution in [0.15, 0.2) is 0 Å². The highest BCUT2D eigenvalue weighted by Crippen LogP contribution is 2.68. The molecule has 1 aliphatic carbocycles. The van der Waals surface area contributed by atoms with E-state index in [0.717, 1.165) is 45.6 Å². The zero-order valence-corrected chi connectivity index (χ0v) is 15.3. The molecule has 3 rings (SSSR count). The Hall–Kier alpha value is -0.610. The van der Waals surface area contributed by atoms with E-state index in [0.29, 0.717) is 12.0 Å². The fraction of sp³-hybridized carbons (Fsp3) is 0.947. The van der Waals surface area contributed by atoms with E-state index < -0.39 is 0 Å². The van der Waals surface area contributed by atoms with E-state index in [-0.39, 0.29) is 22.9 Å². The molecule has 1 atom stereocenters. The minimum atomic E-state index is 0.135. The Morgan fingerprint density at radius 3 is 2.26 bits per heavy atom. The summed E-state index contributed by atoms with van der Waals surface area (Å²) in [7, 11) is 0. The molecule has 0 aromatic rings. The van der Waals surface area contributed by atoms with Crippen molar-refractivity contribution in [3.8, 4) is 0 Å². The van der Waals surface area contributed by atoms with Crippen molar-refractivity contribution in [3.63, 3.8) is 0 Å². The third kappa shape index (κ3) is 3.30. The van der Waals surface area contributed by atoms with Gasteiger partial charge >= 0.3 is 0 Å². The summed E-state index contributed by atoms with van der Waals surface area (Å²) in [6, 6.07) is 0. The number of nitrogens with zero attached hydrogens (tertiary/aromatic N) is 1. The van der Waals surface area contributed by atoms with Crippen LogP contribution >= 0.6 is 0 Å². The minimum Gasteiger partial charge on any atom is -0.376 e. The number of amides is 1. The lowest BCUT2D eigenvalue weighted by molar-refractivity contribution is -0.137. The molecular formula is C19H33NO3. The molecule has 2 aliphatic heterocycles. The van der Waals surface area contributed by atoms with Gasteiger partial charge in [0.2, 0.25) is 5.91 Å². The van der Waals surface area contributed by atoms with Crippen molar-refractivity contribution in [3.05, 3.63) is 0 Å². The van der Waals surface area contributed by atoms with Crippen molar-refractivity contribution < 1.29 is 14.3 Å². The summed E-state index contributed by atoms with van der Waals surface area (Å²) in [5.41, 5.74) is 0.269. The average Bonchev–Trinajstić information content (AvgIpc) is 2.95. The second kappa shape index (κ2) is 6.36. The molecule has 1 amide bonds. The Labute approximate surface area is 140 Å². The van der Waals surface area contributed by atoms with E-state index in [1.54, 1.807) is 0 Å². The molecule has 1 saturated carbocycles. The second-order valence-corrected chi connectivity index (χ2v) is 8.72. The largest absolute Gasteiger partial charge is 0.376 e. The first-order valence-corrected chi connectivity index (χ1v) is 9.36. The van der Waals surface area contributed by atoms with Crippen LogP contribution in [-0.4, -0.2) is 49.3 Å². The predicted molar refractivity (Wildman–Crippen MR) is 90.2 cm³/mol. The standard InChI is InChI=1S/C19H33NO3/c1-18(2)16(19(18,3)4)17(21)20-10-8-14(9-11-20)23-13-15-7-5-6-12-22-15/h14-16H,5-13H2,1-4H3/t15-/m1/s1. The molecule has 0 bridgehead atoms. The van der Waals surface area contributed by atoms with Crippen molar-refractivity contribution in [1.82, 2.24) is 4.90 Å². The summed E-state index contributed by atoms with van der Waals surface area (Å²) in [6.45, 7) is 12.2. The Balaban J connectivity index is 1.41. The van der Waals surface area contributed by atoms with Crippen LogP contribution in [-0.2, 0) is 14.3 Å². The molecule has 3 aliphatic rings. The highest BCUT2D eigenvalue weighted by Gasteiger charge is 2.68. The first kappa shape index (κ1) is 17.2. The number of likely N-dealkylation sites (tertiary alicyclic amines) is 1. The van der Waals surface area contributed by atoms with Crippen LogP contribution in [0.2, 0.25) is 0 Å². The molecule has 2 heterocycles. The number of rotatable bonds is 4. The SMILES string of the molecule is CC1(C)C(C(=O)N2CCC(OC[C@H]3CCCCO3)CC2)C1(C)C. The maximum atomic E-state index is 12.8. The molecule has 4 heteroatoms. The lowest BCUT2D eigenvalue weighted by Crippen LogP contribution is -2.43. The van der Waals surface area contributed by atoms with Gasteiger partial charge in [-0.05, 0) is 42.9 Å². The van der Waals surface area contributed by atoms with Crippen LogP contribution in [0.3, 0.4) is 0 Å². The molecule has 4 nitrogen and oxygen atoms in total. The van der Waals surface area contributed by atoms with Crippen LogP contribution in [0.5, 0.6) is 0 Å². The Bertz CT molecular complexity index is 418. The molecule has 2 saturated heterocycles. The number of piperidine rings is 1. The fourth-order valence-corrected chi connectivity index (χ4v) is 4.42. The molecule has 0 unspecified atom stereocenters. The van der Waals surface area contributed by atoms with E-state index >= 15 is 0 Å². The number of carbonyl (C=O) groups excluding carboxylic acids is 1. The Morgan fingerprint density at radius 2 is 1.74 bits per heavy atom. The first-order valence-electron chi connectivity index (χ1n) is 9.36. The molecule has 0 aromatic carbocycles. The van der Waals surface area contributed by atoms with Gasteiger partial charge in [0.1, 0.15) is 0 Å². The van der Waals surface area contributed by atoms with Crippen molar-refractivity contribution in [2.24, 2.45) is 16.7 Å². The maximum absolute atomic E-state index is 12.8. The van der Waals surface area contributed by atoms with Gasteiger partial charge in [0.05, 0.1) is 18.8 Å². The lowest BCUT2D eigenvalue weighted by Gasteiger charge is -2.33. The Kier molecular flexibility index (Phi) is 4.76. The average molecular weight is 323 g/mol. The fourth-order valence-electron chi connectivity index (χ4n) is 4.42. The zero-order chi connectivity index (χ0) is 16.7. The van der Waals surface area contributed by atoms with Crippen molar-refractivity contribution in [2.75, 3.05) is 26.3 Å². The van der Waals surface area contributed by atoms with Gasteiger partial charge in [0.15, 0.2) is 0 Å². The van der Waals surface area contributed by atoms with Gasteiger partial charge in [0.25, 0.3) is 0 Å². The zero-order valence-electron chi connectivity index (χ0n) is 15.3. The molecule has 0 spiro atoms. The summed E-state index contributed by atoms with van der Waals surface area (Å²) < 4.78 is 11.8. The molecule has 132 valence electrons. The van der Waals surface area contributed by atoms with Gasteiger partial charge in [-0.2, -0.15) is 0 Å². The third-order valence-corrected chi connectivity index (χ3v) is 6.81. The van der Waals surface area contributed by atoms with Crippen LogP contribution in [0.25, 0.3) is 0 Å². The smallest absolute Gasteiger partial charge is 0.226 e. The molecule has 23 heavy (non-hydrogen) atoms. The van der Waals surface area contributed by atoms with Gasteiger partial charge < -0.3 is 14.4 Å². The molecule has 0 aromatic heterocycles. The van der Waals surface area contributed by atoms with Gasteiger partial charge in [-0.25, -0.2) is 0 Å². The Morgan fingerprint density at radius 1 is 1.09 bits per heavy atom. The predicted octanol–water partition coefficient (Wildman–Crippen LogP) is 3.25. The van der Waals surface area contributed by atoms with Crippen molar-refractivity contribution in [1.29, 1.82) is 0 Å². The topological polar surface area (TPSA) is 38.8 Å². The number of hydrogen-bond acceptors (Lipinski definition) is 3. The van der Waals surface area contributed by atoms with Crippen LogP contribution < -0.4 is 0 Å². The van der Waals surface area contributed by atoms with E-state index in [1.807, 2.05) is 0 Å². The maximum Gasteiger partial charge on any atom is 0.226 e. The monoisotopic (exact) mass is 323 g/mol. The highest BCUT2D eigenvalue weighted by atomic mass is 16.5. The molecule has 0 radical (unpaired) electrons. The number of ether oxygens (including phenoxy) is 2. The van der Waals surface area contributed by atoms with Crippen molar-refractivity contribution in [2.45, 2.75) is 72.0 Å². The summed E-state index contributed by atoms with van der Waals surface area (Å²) in [4.78, 5) is 14.8. The normalized spacial score (nSPS) is 31.1. The van der Waals surface area contributed by atoms with E-state index in [4.69, 9.17) is 9.47 Å². The third-order valence-electron chi connectivity index (χ3n) is 6.81. The minimum absolute atomic E-state index is 0.135. The lowest BCUT2D eigenvalue weighted by atomic mass is 10.0. The summed E-state index contributed by atoms with van der Waals surface area (Å²) >= 11 is 0. The molecule has 0 N–H and O–H groups in total. The van der Waals surface area contributed by atoms with Crippen LogP contribution in [0, 0.1) is 16.7 Å². The summed E-state index contributed by atoms with van der Waals surface area (Å²) in [5.74, 6) is 0.539. The van der Waals surface area contributed by atoms with E-state index in [9.17, 15) is 4.79 Å². The molecule has 3 fully saturated rings. The van der Waals surface area contributed by atoms with Gasteiger partial charge in [0, 0.05) is 25.6 Å². The van der Waals surface area contributed by atoms with Gasteiger partial charge in [-0.3, -0.25) is 4.79 Å². The van der Waals surface area contributed by atoms with Crippen LogP contribution in [0.1, 0.15) is 59.8 Å². The summed E-state index contributed by atoms with van der Waals surface area (Å²) in [5, 5.41) is 0. The van der Waals surface area contributed by atoms with Crippen molar-refractivity contribution >= 4 is 5.91 Å². The van der Waals surface area contributed by atoms with Gasteiger partial charge in [-0.15, -0.1) is 0 Å². The highest BCUT2D eigenvalue weighted by molar-refractivity contribution is 5.84. The van der Waals surface area contributed by atoms with Gasteiger partial charge in [-0.1, -0.05) is 27.7 Å². The number of hydrogen-bond donors (Lipinski definition) is 0.